The molecule has 0 saturated carbocycles. The van der Waals surface area contributed by atoms with Crippen molar-refractivity contribution in [1.82, 2.24) is 4.31 Å². The maximum atomic E-state index is 13.2. The Morgan fingerprint density at radius 1 is 0.971 bits per heavy atom. The van der Waals surface area contributed by atoms with E-state index >= 15 is 0 Å². The number of methoxy groups -OCH3 is 3. The molecule has 0 radical (unpaired) electrons. The zero-order valence-corrected chi connectivity index (χ0v) is 20.6. The summed E-state index contributed by atoms with van der Waals surface area (Å²) in [5.41, 5.74) is 0.595. The summed E-state index contributed by atoms with van der Waals surface area (Å²) in [6.45, 7) is 4.16. The Labute approximate surface area is 199 Å². The number of nitrogens with zero attached hydrogens (tertiary/aromatic N) is 2. The molecule has 1 aliphatic heterocycles. The molecule has 3 rings (SSSR count). The molecule has 1 saturated heterocycles. The van der Waals surface area contributed by atoms with E-state index in [4.69, 9.17) is 14.2 Å². The summed E-state index contributed by atoms with van der Waals surface area (Å²) in [4.78, 5) is 27.1. The third-order valence-corrected chi connectivity index (χ3v) is 7.66. The molecule has 0 spiro atoms. The zero-order valence-electron chi connectivity index (χ0n) is 19.8. The maximum absolute atomic E-state index is 13.2. The normalized spacial score (nSPS) is 16.2. The standard InChI is InChI=1S/C23H29N3O7S/c1-6-25(7-2)34(29,30)16-9-11-20(32-4)17(13-16)24-18-14-22(27)26(23(18)28)19-10-8-15(31-3)12-21(19)33-5/h8-13,18,24H,6-7,14H2,1-5H3. The second-order valence-corrected chi connectivity index (χ2v) is 9.40. The molecule has 1 unspecified atom stereocenters. The Bertz CT molecular complexity index is 1180. The summed E-state index contributed by atoms with van der Waals surface area (Å²) in [5.74, 6) is 0.264. The average molecular weight is 492 g/mol. The van der Waals surface area contributed by atoms with Gasteiger partial charge in [0.1, 0.15) is 23.3 Å². The average Bonchev–Trinajstić information content (AvgIpc) is 3.11. The molecule has 184 valence electrons. The lowest BCUT2D eigenvalue weighted by molar-refractivity contribution is -0.121. The SMILES string of the molecule is CCN(CC)S(=O)(=O)c1ccc(OC)c(NC2CC(=O)N(c3ccc(OC)cc3OC)C2=O)c1. The molecule has 2 aromatic rings. The van der Waals surface area contributed by atoms with Crippen LogP contribution in [0.2, 0.25) is 0 Å². The lowest BCUT2D eigenvalue weighted by Crippen LogP contribution is -2.35. The fraction of sp³-hybridized carbons (Fsp3) is 0.391. The highest BCUT2D eigenvalue weighted by Crippen LogP contribution is 2.37. The van der Waals surface area contributed by atoms with Crippen molar-refractivity contribution >= 4 is 33.2 Å². The number of benzene rings is 2. The first-order valence-electron chi connectivity index (χ1n) is 10.7. The first-order chi connectivity index (χ1) is 16.2. The van der Waals surface area contributed by atoms with Crippen LogP contribution in [0.4, 0.5) is 11.4 Å². The largest absolute Gasteiger partial charge is 0.497 e. The number of hydrogen-bond donors (Lipinski definition) is 1. The fourth-order valence-corrected chi connectivity index (χ4v) is 5.31. The number of sulfonamides is 1. The number of amides is 2. The van der Waals surface area contributed by atoms with Gasteiger partial charge in [-0.1, -0.05) is 13.8 Å². The Kier molecular flexibility index (Phi) is 7.68. The van der Waals surface area contributed by atoms with Gasteiger partial charge < -0.3 is 19.5 Å². The fourth-order valence-electron chi connectivity index (χ4n) is 3.83. The van der Waals surface area contributed by atoms with Crippen LogP contribution in [0, 0.1) is 0 Å². The first kappa shape index (κ1) is 25.3. The van der Waals surface area contributed by atoms with E-state index in [-0.39, 0.29) is 11.3 Å². The van der Waals surface area contributed by atoms with E-state index in [0.717, 1.165) is 4.90 Å². The van der Waals surface area contributed by atoms with Crippen molar-refractivity contribution in [3.63, 3.8) is 0 Å². The predicted octanol–water partition coefficient (Wildman–Crippen LogP) is 2.49. The minimum absolute atomic E-state index is 0.0601. The van der Waals surface area contributed by atoms with Crippen LogP contribution in [0.1, 0.15) is 20.3 Å². The van der Waals surface area contributed by atoms with Gasteiger partial charge in [0.25, 0.3) is 5.91 Å². The number of carbonyl (C=O) groups is 2. The Balaban J connectivity index is 1.93. The first-order valence-corrected chi connectivity index (χ1v) is 12.2. The summed E-state index contributed by atoms with van der Waals surface area (Å²) < 4.78 is 43.1. The second kappa shape index (κ2) is 10.3. The minimum Gasteiger partial charge on any atom is -0.497 e. The van der Waals surface area contributed by atoms with Gasteiger partial charge in [-0.05, 0) is 30.3 Å². The summed E-state index contributed by atoms with van der Waals surface area (Å²) in [5, 5.41) is 3.00. The van der Waals surface area contributed by atoms with E-state index in [1.54, 1.807) is 32.0 Å². The van der Waals surface area contributed by atoms with Gasteiger partial charge in [0, 0.05) is 19.2 Å². The van der Waals surface area contributed by atoms with Crippen molar-refractivity contribution in [3.8, 4) is 17.2 Å². The molecule has 0 aromatic heterocycles. The van der Waals surface area contributed by atoms with Crippen molar-refractivity contribution in [1.29, 1.82) is 0 Å². The summed E-state index contributed by atoms with van der Waals surface area (Å²) in [6, 6.07) is 8.26. The highest BCUT2D eigenvalue weighted by Gasteiger charge is 2.41. The monoisotopic (exact) mass is 491 g/mol. The van der Waals surface area contributed by atoms with Crippen LogP contribution in [0.25, 0.3) is 0 Å². The molecule has 0 bridgehead atoms. The van der Waals surface area contributed by atoms with Crippen LogP contribution in [0.3, 0.4) is 0 Å². The van der Waals surface area contributed by atoms with E-state index in [9.17, 15) is 18.0 Å². The highest BCUT2D eigenvalue weighted by molar-refractivity contribution is 7.89. The van der Waals surface area contributed by atoms with Crippen molar-refractivity contribution in [2.24, 2.45) is 0 Å². The molecular formula is C23H29N3O7S. The van der Waals surface area contributed by atoms with Crippen molar-refractivity contribution in [2.75, 3.05) is 44.6 Å². The van der Waals surface area contributed by atoms with E-state index < -0.39 is 27.9 Å². The van der Waals surface area contributed by atoms with Crippen LogP contribution in [-0.4, -0.2) is 65.0 Å². The number of hydrogen-bond acceptors (Lipinski definition) is 8. The molecule has 1 aliphatic rings. The Morgan fingerprint density at radius 3 is 2.24 bits per heavy atom. The zero-order chi connectivity index (χ0) is 25.0. The second-order valence-electron chi connectivity index (χ2n) is 7.46. The van der Waals surface area contributed by atoms with Crippen LogP contribution >= 0.6 is 0 Å². The van der Waals surface area contributed by atoms with Gasteiger partial charge in [-0.2, -0.15) is 4.31 Å². The van der Waals surface area contributed by atoms with E-state index in [1.165, 1.54) is 43.8 Å². The van der Waals surface area contributed by atoms with Crippen LogP contribution in [0.5, 0.6) is 17.2 Å². The quantitative estimate of drug-likeness (QED) is 0.504. The molecule has 10 nitrogen and oxygen atoms in total. The van der Waals surface area contributed by atoms with Gasteiger partial charge in [0.15, 0.2) is 0 Å². The number of anilines is 2. The van der Waals surface area contributed by atoms with Crippen molar-refractivity contribution < 1.29 is 32.2 Å². The number of imide groups is 1. The van der Waals surface area contributed by atoms with Gasteiger partial charge in [-0.25, -0.2) is 13.3 Å². The third-order valence-electron chi connectivity index (χ3n) is 5.62. The summed E-state index contributed by atoms with van der Waals surface area (Å²) in [7, 11) is 0.650. The number of carbonyl (C=O) groups excluding carboxylic acids is 2. The van der Waals surface area contributed by atoms with Gasteiger partial charge in [-0.15, -0.1) is 0 Å². The molecule has 34 heavy (non-hydrogen) atoms. The molecule has 2 amide bonds. The number of nitrogens with one attached hydrogen (secondary N) is 1. The van der Waals surface area contributed by atoms with Gasteiger partial charge in [0.05, 0.1) is 44.0 Å². The van der Waals surface area contributed by atoms with E-state index in [2.05, 4.69) is 5.32 Å². The molecule has 11 heteroatoms. The smallest absolute Gasteiger partial charge is 0.256 e. The van der Waals surface area contributed by atoms with Crippen LogP contribution < -0.4 is 24.4 Å². The van der Waals surface area contributed by atoms with Crippen LogP contribution in [0.15, 0.2) is 41.3 Å². The van der Waals surface area contributed by atoms with Crippen LogP contribution in [-0.2, 0) is 19.6 Å². The summed E-state index contributed by atoms with van der Waals surface area (Å²) in [6.07, 6.45) is -0.121. The van der Waals surface area contributed by atoms with Gasteiger partial charge >= 0.3 is 0 Å². The number of ether oxygens (including phenoxy) is 3. The van der Waals surface area contributed by atoms with Crippen molar-refractivity contribution in [2.45, 2.75) is 31.2 Å². The summed E-state index contributed by atoms with van der Waals surface area (Å²) >= 11 is 0. The lowest BCUT2D eigenvalue weighted by Gasteiger charge is -2.21. The van der Waals surface area contributed by atoms with Gasteiger partial charge in [0.2, 0.25) is 15.9 Å². The topological polar surface area (TPSA) is 114 Å². The maximum Gasteiger partial charge on any atom is 0.256 e. The molecule has 1 fully saturated rings. The molecule has 1 N–H and O–H groups in total. The van der Waals surface area contributed by atoms with Gasteiger partial charge in [-0.3, -0.25) is 9.59 Å². The molecule has 1 atom stereocenters. The van der Waals surface area contributed by atoms with E-state index in [1.807, 2.05) is 0 Å². The minimum atomic E-state index is -3.73. The Morgan fingerprint density at radius 2 is 1.65 bits per heavy atom. The number of rotatable bonds is 10. The highest BCUT2D eigenvalue weighted by atomic mass is 32.2. The molecule has 1 heterocycles. The van der Waals surface area contributed by atoms with Crippen molar-refractivity contribution in [3.05, 3.63) is 36.4 Å². The lowest BCUT2D eigenvalue weighted by atomic mass is 10.2. The third kappa shape index (κ3) is 4.66. The molecule has 2 aromatic carbocycles. The predicted molar refractivity (Wildman–Crippen MR) is 127 cm³/mol. The van der Waals surface area contributed by atoms with E-state index in [0.29, 0.717) is 41.7 Å². The molecular weight excluding hydrogens is 462 g/mol. The molecule has 0 aliphatic carbocycles. The Hall–Kier alpha value is -3.31.